The van der Waals surface area contributed by atoms with Gasteiger partial charge < -0.3 is 11.1 Å². The molecule has 1 amide bonds. The Morgan fingerprint density at radius 2 is 1.88 bits per heavy atom. The van der Waals surface area contributed by atoms with Crippen molar-refractivity contribution in [2.24, 2.45) is 17.1 Å². The Balaban J connectivity index is 2.29. The zero-order valence-corrected chi connectivity index (χ0v) is 10.9. The normalized spacial score (nSPS) is 20.5. The molecule has 94 valence electrons. The van der Waals surface area contributed by atoms with Crippen LogP contribution in [0.15, 0.2) is 0 Å². The summed E-state index contributed by atoms with van der Waals surface area (Å²) in [7, 11) is 0. The van der Waals surface area contributed by atoms with E-state index < -0.39 is 6.04 Å². The highest BCUT2D eigenvalue weighted by Crippen LogP contribution is 2.23. The predicted molar refractivity (Wildman–Crippen MR) is 67.0 cm³/mol. The number of hydrogen-bond donors (Lipinski definition) is 2. The van der Waals surface area contributed by atoms with Crippen molar-refractivity contribution in [2.75, 3.05) is 6.54 Å². The van der Waals surface area contributed by atoms with Crippen molar-refractivity contribution in [3.05, 3.63) is 0 Å². The highest BCUT2D eigenvalue weighted by atomic mass is 16.2. The number of hydrogen-bond acceptors (Lipinski definition) is 2. The van der Waals surface area contributed by atoms with E-state index in [0.717, 1.165) is 6.54 Å². The van der Waals surface area contributed by atoms with Gasteiger partial charge in [-0.1, -0.05) is 40.0 Å². The lowest BCUT2D eigenvalue weighted by molar-refractivity contribution is -0.124. The molecule has 0 aromatic rings. The van der Waals surface area contributed by atoms with E-state index in [-0.39, 0.29) is 11.3 Å². The first-order chi connectivity index (χ1) is 7.41. The molecule has 1 saturated carbocycles. The van der Waals surface area contributed by atoms with Gasteiger partial charge in [0, 0.05) is 6.54 Å². The lowest BCUT2D eigenvalue weighted by atomic mass is 9.86. The van der Waals surface area contributed by atoms with Crippen LogP contribution in [0, 0.1) is 11.3 Å². The van der Waals surface area contributed by atoms with E-state index in [2.05, 4.69) is 5.32 Å². The van der Waals surface area contributed by atoms with E-state index in [4.69, 9.17) is 5.73 Å². The summed E-state index contributed by atoms with van der Waals surface area (Å²) < 4.78 is 0. The van der Waals surface area contributed by atoms with Crippen molar-refractivity contribution in [2.45, 2.75) is 58.9 Å². The quantitative estimate of drug-likeness (QED) is 0.774. The molecule has 0 saturated heterocycles. The average Bonchev–Trinajstić information content (AvgIpc) is 2.25. The smallest absolute Gasteiger partial charge is 0.237 e. The Morgan fingerprint density at radius 3 is 2.38 bits per heavy atom. The Morgan fingerprint density at radius 1 is 1.31 bits per heavy atom. The number of rotatable bonds is 3. The molecule has 1 fully saturated rings. The van der Waals surface area contributed by atoms with Crippen LogP contribution in [0.2, 0.25) is 0 Å². The van der Waals surface area contributed by atoms with Crippen LogP contribution in [0.5, 0.6) is 0 Å². The van der Waals surface area contributed by atoms with Gasteiger partial charge >= 0.3 is 0 Å². The molecular weight excluding hydrogens is 200 g/mol. The molecule has 0 aromatic carbocycles. The second-order valence-corrected chi connectivity index (χ2v) is 6.09. The van der Waals surface area contributed by atoms with Gasteiger partial charge in [-0.05, 0) is 24.2 Å². The van der Waals surface area contributed by atoms with E-state index in [9.17, 15) is 4.79 Å². The van der Waals surface area contributed by atoms with Crippen molar-refractivity contribution < 1.29 is 4.79 Å². The van der Waals surface area contributed by atoms with Crippen molar-refractivity contribution in [1.29, 1.82) is 0 Å². The van der Waals surface area contributed by atoms with Gasteiger partial charge in [0.15, 0.2) is 0 Å². The van der Waals surface area contributed by atoms with Crippen LogP contribution in [0.25, 0.3) is 0 Å². The van der Waals surface area contributed by atoms with Crippen molar-refractivity contribution in [3.63, 3.8) is 0 Å². The van der Waals surface area contributed by atoms with Crippen LogP contribution < -0.4 is 11.1 Å². The molecule has 0 aliphatic heterocycles. The van der Waals surface area contributed by atoms with Crippen molar-refractivity contribution >= 4 is 5.91 Å². The molecule has 1 aliphatic carbocycles. The van der Waals surface area contributed by atoms with Gasteiger partial charge in [0.25, 0.3) is 0 Å². The summed E-state index contributed by atoms with van der Waals surface area (Å²) in [6, 6.07) is -0.406. The maximum absolute atomic E-state index is 11.8. The summed E-state index contributed by atoms with van der Waals surface area (Å²) in [5, 5.41) is 2.99. The lowest BCUT2D eigenvalue weighted by Gasteiger charge is -2.27. The summed E-state index contributed by atoms with van der Waals surface area (Å²) in [5.74, 6) is 0.669. The molecule has 3 heteroatoms. The SMILES string of the molecule is CC(C)(C)[C@H](N)C(=O)NCC1CCCCC1. The third kappa shape index (κ3) is 4.12. The highest BCUT2D eigenvalue weighted by molar-refractivity contribution is 5.82. The molecule has 1 aliphatic rings. The maximum atomic E-state index is 11.8. The number of amides is 1. The first kappa shape index (κ1) is 13.5. The van der Waals surface area contributed by atoms with Gasteiger partial charge in [-0.2, -0.15) is 0 Å². The van der Waals surface area contributed by atoms with Crippen LogP contribution in [0.3, 0.4) is 0 Å². The Bertz CT molecular complexity index is 227. The molecule has 0 bridgehead atoms. The third-order valence-electron chi connectivity index (χ3n) is 3.51. The molecule has 16 heavy (non-hydrogen) atoms. The summed E-state index contributed by atoms with van der Waals surface area (Å²) >= 11 is 0. The molecule has 3 N–H and O–H groups in total. The summed E-state index contributed by atoms with van der Waals surface area (Å²) in [6.07, 6.45) is 6.49. The van der Waals surface area contributed by atoms with Crippen LogP contribution >= 0.6 is 0 Å². The largest absolute Gasteiger partial charge is 0.354 e. The first-order valence-corrected chi connectivity index (χ1v) is 6.44. The van der Waals surface area contributed by atoms with Gasteiger partial charge in [0.1, 0.15) is 0 Å². The topological polar surface area (TPSA) is 55.1 Å². The minimum absolute atomic E-state index is 0.00178. The van der Waals surface area contributed by atoms with Gasteiger partial charge in [-0.25, -0.2) is 0 Å². The Kier molecular flexibility index (Phi) is 4.78. The second kappa shape index (κ2) is 5.67. The molecule has 1 rings (SSSR count). The van der Waals surface area contributed by atoms with E-state index in [1.807, 2.05) is 20.8 Å². The predicted octanol–water partition coefficient (Wildman–Crippen LogP) is 2.06. The zero-order chi connectivity index (χ0) is 12.2. The van der Waals surface area contributed by atoms with E-state index in [1.165, 1.54) is 32.1 Å². The molecule has 3 nitrogen and oxygen atoms in total. The minimum atomic E-state index is -0.406. The van der Waals surface area contributed by atoms with Crippen molar-refractivity contribution in [1.82, 2.24) is 5.32 Å². The number of carbonyl (C=O) groups is 1. The van der Waals surface area contributed by atoms with Crippen LogP contribution in [-0.2, 0) is 4.79 Å². The van der Waals surface area contributed by atoms with Gasteiger partial charge in [-0.15, -0.1) is 0 Å². The third-order valence-corrected chi connectivity index (χ3v) is 3.51. The number of nitrogens with one attached hydrogen (secondary N) is 1. The zero-order valence-electron chi connectivity index (χ0n) is 10.9. The number of carbonyl (C=O) groups excluding carboxylic acids is 1. The molecule has 0 unspecified atom stereocenters. The summed E-state index contributed by atoms with van der Waals surface area (Å²) in [6.45, 7) is 6.80. The monoisotopic (exact) mass is 226 g/mol. The van der Waals surface area contributed by atoms with Gasteiger partial charge in [-0.3, -0.25) is 4.79 Å². The van der Waals surface area contributed by atoms with E-state index in [0.29, 0.717) is 5.92 Å². The fraction of sp³-hybridized carbons (Fsp3) is 0.923. The van der Waals surface area contributed by atoms with E-state index >= 15 is 0 Å². The van der Waals surface area contributed by atoms with Gasteiger partial charge in [0.2, 0.25) is 5.91 Å². The highest BCUT2D eigenvalue weighted by Gasteiger charge is 2.27. The molecular formula is C13H26N2O. The standard InChI is InChI=1S/C13H26N2O/c1-13(2,3)11(14)12(16)15-9-10-7-5-4-6-8-10/h10-11H,4-9,14H2,1-3H3,(H,15,16)/t11-/m1/s1. The molecule has 0 radical (unpaired) electrons. The number of nitrogens with two attached hydrogens (primary N) is 1. The molecule has 0 aromatic heterocycles. The summed E-state index contributed by atoms with van der Waals surface area (Å²) in [5.41, 5.74) is 5.74. The molecule has 0 heterocycles. The first-order valence-electron chi connectivity index (χ1n) is 6.44. The lowest BCUT2D eigenvalue weighted by Crippen LogP contribution is -2.49. The molecule has 0 spiro atoms. The fourth-order valence-electron chi connectivity index (χ4n) is 2.14. The summed E-state index contributed by atoms with van der Waals surface area (Å²) in [4.78, 5) is 11.8. The maximum Gasteiger partial charge on any atom is 0.237 e. The average molecular weight is 226 g/mol. The van der Waals surface area contributed by atoms with Crippen LogP contribution in [0.1, 0.15) is 52.9 Å². The molecule has 1 atom stereocenters. The second-order valence-electron chi connectivity index (χ2n) is 6.09. The minimum Gasteiger partial charge on any atom is -0.354 e. The fourth-order valence-corrected chi connectivity index (χ4v) is 2.14. The van der Waals surface area contributed by atoms with E-state index in [1.54, 1.807) is 0 Å². The van der Waals surface area contributed by atoms with Gasteiger partial charge in [0.05, 0.1) is 6.04 Å². The van der Waals surface area contributed by atoms with Crippen LogP contribution in [0.4, 0.5) is 0 Å². The van der Waals surface area contributed by atoms with Crippen molar-refractivity contribution in [3.8, 4) is 0 Å². The Labute approximate surface area is 99.2 Å². The Hall–Kier alpha value is -0.570. The van der Waals surface area contributed by atoms with Crippen LogP contribution in [-0.4, -0.2) is 18.5 Å².